The fourth-order valence-electron chi connectivity index (χ4n) is 3.04. The minimum atomic E-state index is 0.0667. The lowest BCUT2D eigenvalue weighted by atomic mass is 9.93. The van der Waals surface area contributed by atoms with Gasteiger partial charge in [0.25, 0.3) is 0 Å². The minimum absolute atomic E-state index is 0.0667. The van der Waals surface area contributed by atoms with Crippen molar-refractivity contribution in [1.29, 1.82) is 10.7 Å². The molecule has 0 fully saturated rings. The molecule has 0 aliphatic carbocycles. The van der Waals surface area contributed by atoms with Crippen molar-refractivity contribution in [3.05, 3.63) is 89.8 Å². The molecule has 4 N–H and O–H groups in total. The van der Waals surface area contributed by atoms with Crippen LogP contribution >= 0.6 is 0 Å². The maximum Gasteiger partial charge on any atom is 0.154 e. The molecular weight excluding hydrogens is 390 g/mol. The van der Waals surface area contributed by atoms with Gasteiger partial charge in [-0.25, -0.2) is 15.0 Å². The molecule has 150 valence electrons. The summed E-state index contributed by atoms with van der Waals surface area (Å²) >= 11 is 0. The van der Waals surface area contributed by atoms with Crippen LogP contribution in [0.25, 0.3) is 11.3 Å². The lowest BCUT2D eigenvalue weighted by Crippen LogP contribution is -2.36. The average molecular weight is 407 g/mol. The van der Waals surface area contributed by atoms with Gasteiger partial charge in [0.05, 0.1) is 46.5 Å². The molecule has 0 unspecified atom stereocenters. The van der Waals surface area contributed by atoms with Gasteiger partial charge in [-0.1, -0.05) is 18.2 Å². The highest BCUT2D eigenvalue weighted by Gasteiger charge is 2.28. The molecule has 4 rings (SSSR count). The topological polar surface area (TPSA) is 149 Å². The molecule has 31 heavy (non-hydrogen) atoms. The number of amidine groups is 1. The minimum Gasteiger partial charge on any atom is -0.382 e. The predicted molar refractivity (Wildman–Crippen MR) is 118 cm³/mol. The summed E-state index contributed by atoms with van der Waals surface area (Å²) in [5.41, 5.74) is 12.7. The Hall–Kier alpha value is -4.71. The van der Waals surface area contributed by atoms with Crippen LogP contribution in [0.15, 0.2) is 77.3 Å². The van der Waals surface area contributed by atoms with Crippen molar-refractivity contribution in [2.24, 2.45) is 15.8 Å². The first kappa shape index (κ1) is 19.6. The number of allylic oxidation sites excluding steroid dienone is 1. The first-order chi connectivity index (χ1) is 15.2. The van der Waals surface area contributed by atoms with Gasteiger partial charge in [0.2, 0.25) is 0 Å². The van der Waals surface area contributed by atoms with Crippen LogP contribution in [0.1, 0.15) is 22.5 Å². The van der Waals surface area contributed by atoms with Gasteiger partial charge >= 0.3 is 0 Å². The van der Waals surface area contributed by atoms with Crippen LogP contribution in [0.4, 0.5) is 0 Å². The van der Waals surface area contributed by atoms with E-state index in [4.69, 9.17) is 11.1 Å². The highest BCUT2D eigenvalue weighted by molar-refractivity contribution is 6.77. The van der Waals surface area contributed by atoms with Crippen LogP contribution in [-0.4, -0.2) is 32.2 Å². The maximum absolute atomic E-state index is 9.26. The van der Waals surface area contributed by atoms with Gasteiger partial charge < -0.3 is 11.2 Å². The van der Waals surface area contributed by atoms with Gasteiger partial charge in [-0.05, 0) is 30.3 Å². The normalized spacial score (nSPS) is 14.9. The molecule has 9 nitrogen and oxygen atoms in total. The number of nitrogens with two attached hydrogens (primary N) is 1. The Labute approximate surface area is 178 Å². The smallest absolute Gasteiger partial charge is 0.154 e. The summed E-state index contributed by atoms with van der Waals surface area (Å²) in [6.07, 6.45) is 4.68. The number of aliphatic imine (C=N–C) groups is 1. The second kappa shape index (κ2) is 8.75. The molecule has 3 heterocycles. The number of nitrogens with one attached hydrogen (secondary N) is 2. The molecule has 0 saturated heterocycles. The largest absolute Gasteiger partial charge is 0.382 e. The molecular formula is C22H17N9. The van der Waals surface area contributed by atoms with Crippen molar-refractivity contribution < 1.29 is 0 Å². The molecule has 0 bridgehead atoms. The monoisotopic (exact) mass is 407 g/mol. The van der Waals surface area contributed by atoms with E-state index in [0.717, 1.165) is 5.69 Å². The van der Waals surface area contributed by atoms with E-state index < -0.39 is 0 Å². The number of hydrogen-bond donors (Lipinski definition) is 3. The summed E-state index contributed by atoms with van der Waals surface area (Å²) in [6, 6.07) is 16.3. The average Bonchev–Trinajstić information content (AvgIpc) is 2.82. The Kier molecular flexibility index (Phi) is 5.53. The van der Waals surface area contributed by atoms with Gasteiger partial charge in [-0.2, -0.15) is 10.4 Å². The molecule has 0 spiro atoms. The summed E-state index contributed by atoms with van der Waals surface area (Å²) in [7, 11) is 0. The van der Waals surface area contributed by atoms with Gasteiger partial charge in [0, 0.05) is 18.0 Å². The van der Waals surface area contributed by atoms with Crippen molar-refractivity contribution in [2.75, 3.05) is 0 Å². The summed E-state index contributed by atoms with van der Waals surface area (Å²) in [6.45, 7) is 0.370. The lowest BCUT2D eigenvalue weighted by Gasteiger charge is -2.20. The third kappa shape index (κ3) is 4.18. The van der Waals surface area contributed by atoms with Gasteiger partial charge in [-0.3, -0.25) is 10.4 Å². The Morgan fingerprint density at radius 2 is 2.00 bits per heavy atom. The zero-order valence-electron chi connectivity index (χ0n) is 16.3. The molecule has 0 radical (unpaired) electrons. The SMILES string of the molecule is N#Cc1cccc(C2=C(c3ccncn3)C(=N)/C(=N\NCc3ccccn3)C(N)=N2)c1. The van der Waals surface area contributed by atoms with Gasteiger partial charge in [-0.15, -0.1) is 0 Å². The third-order valence-electron chi connectivity index (χ3n) is 4.48. The first-order valence-electron chi connectivity index (χ1n) is 9.33. The van der Waals surface area contributed by atoms with E-state index in [9.17, 15) is 5.26 Å². The fraction of sp³-hybridized carbons (Fsp3) is 0.0455. The second-order valence-corrected chi connectivity index (χ2v) is 6.50. The molecule has 1 aliphatic heterocycles. The van der Waals surface area contributed by atoms with Crippen molar-refractivity contribution in [3.63, 3.8) is 0 Å². The Bertz CT molecular complexity index is 1250. The number of benzene rings is 1. The predicted octanol–water partition coefficient (Wildman–Crippen LogP) is 2.15. The standard InChI is InChI=1S/C22H17N9/c23-11-14-4-3-5-15(10-14)20-18(17-7-9-26-13-28-17)19(24)21(22(25)30-20)31-29-12-16-6-1-2-8-27-16/h1-10,13,24,29H,12H2,(H2,25,30)/b24-19?,31-21+. The first-order valence-corrected chi connectivity index (χ1v) is 9.33. The number of aromatic nitrogens is 3. The van der Waals surface area contributed by atoms with Crippen LogP contribution in [0.3, 0.4) is 0 Å². The van der Waals surface area contributed by atoms with Gasteiger partial charge in [0.1, 0.15) is 6.33 Å². The summed E-state index contributed by atoms with van der Waals surface area (Å²) in [5, 5.41) is 22.4. The zero-order chi connectivity index (χ0) is 21.6. The van der Waals surface area contributed by atoms with E-state index in [1.54, 1.807) is 36.7 Å². The van der Waals surface area contributed by atoms with E-state index in [-0.39, 0.29) is 17.3 Å². The molecule has 1 aliphatic rings. The van der Waals surface area contributed by atoms with E-state index >= 15 is 0 Å². The molecule has 1 aromatic carbocycles. The number of hydrogen-bond acceptors (Lipinski definition) is 9. The van der Waals surface area contributed by atoms with Crippen LogP contribution in [0, 0.1) is 16.7 Å². The van der Waals surface area contributed by atoms with Crippen molar-refractivity contribution >= 4 is 28.5 Å². The fourth-order valence-corrected chi connectivity index (χ4v) is 3.04. The number of nitriles is 1. The Morgan fingerprint density at radius 1 is 1.10 bits per heavy atom. The van der Waals surface area contributed by atoms with Crippen LogP contribution in [0.2, 0.25) is 0 Å². The zero-order valence-corrected chi connectivity index (χ0v) is 16.3. The maximum atomic E-state index is 9.26. The second-order valence-electron chi connectivity index (χ2n) is 6.50. The van der Waals surface area contributed by atoms with E-state index in [0.29, 0.717) is 34.6 Å². The quantitative estimate of drug-likeness (QED) is 0.552. The van der Waals surface area contributed by atoms with E-state index in [2.05, 4.69) is 36.5 Å². The lowest BCUT2D eigenvalue weighted by molar-refractivity contribution is 0.728. The van der Waals surface area contributed by atoms with Crippen LogP contribution in [-0.2, 0) is 6.54 Å². The molecule has 0 saturated carbocycles. The van der Waals surface area contributed by atoms with Gasteiger partial charge in [0.15, 0.2) is 11.5 Å². The van der Waals surface area contributed by atoms with Crippen LogP contribution < -0.4 is 11.2 Å². The Balaban J connectivity index is 1.76. The highest BCUT2D eigenvalue weighted by atomic mass is 15.3. The summed E-state index contributed by atoms with van der Waals surface area (Å²) < 4.78 is 0. The molecule has 9 heteroatoms. The summed E-state index contributed by atoms with van der Waals surface area (Å²) in [4.78, 5) is 17.0. The third-order valence-corrected chi connectivity index (χ3v) is 4.48. The molecule has 0 amide bonds. The summed E-state index contributed by atoms with van der Waals surface area (Å²) in [5.74, 6) is 0.0914. The molecule has 3 aromatic rings. The highest BCUT2D eigenvalue weighted by Crippen LogP contribution is 2.31. The van der Waals surface area contributed by atoms with Crippen LogP contribution in [0.5, 0.6) is 0 Å². The number of pyridine rings is 1. The van der Waals surface area contributed by atoms with E-state index in [1.807, 2.05) is 24.3 Å². The molecule has 2 aromatic heterocycles. The van der Waals surface area contributed by atoms with Crippen molar-refractivity contribution in [2.45, 2.75) is 6.54 Å². The number of rotatable bonds is 5. The Morgan fingerprint density at radius 3 is 2.74 bits per heavy atom. The number of hydrazone groups is 1. The van der Waals surface area contributed by atoms with Crippen molar-refractivity contribution in [3.8, 4) is 6.07 Å². The molecule has 0 atom stereocenters. The van der Waals surface area contributed by atoms with Crippen molar-refractivity contribution in [1.82, 2.24) is 20.4 Å². The van der Waals surface area contributed by atoms with E-state index in [1.165, 1.54) is 6.33 Å². The number of nitrogens with zero attached hydrogens (tertiary/aromatic N) is 6.